The fraction of sp³-hybridized carbons (Fsp3) is 0.350. The van der Waals surface area contributed by atoms with Gasteiger partial charge in [0, 0.05) is 24.4 Å². The minimum atomic E-state index is -0.380. The number of aromatic amines is 1. The van der Waals surface area contributed by atoms with E-state index in [0.717, 1.165) is 25.7 Å². The number of aliphatic hydroxyl groups is 1. The number of halogens is 1. The number of anilines is 1. The highest BCUT2D eigenvalue weighted by molar-refractivity contribution is 6.17. The third-order valence-electron chi connectivity index (χ3n) is 5.27. The van der Waals surface area contributed by atoms with Gasteiger partial charge in [-0.1, -0.05) is 0 Å². The van der Waals surface area contributed by atoms with Crippen molar-refractivity contribution in [2.24, 2.45) is 5.92 Å². The van der Waals surface area contributed by atoms with E-state index in [-0.39, 0.29) is 24.2 Å². The van der Waals surface area contributed by atoms with Crippen molar-refractivity contribution in [1.29, 1.82) is 0 Å². The zero-order valence-corrected chi connectivity index (χ0v) is 14.8. The van der Waals surface area contributed by atoms with Gasteiger partial charge in [-0.25, -0.2) is 14.4 Å². The fourth-order valence-electron chi connectivity index (χ4n) is 3.69. The maximum absolute atomic E-state index is 13.2. The van der Waals surface area contributed by atoms with E-state index in [2.05, 4.69) is 20.3 Å². The standard InChI is InChI=1S/C20H21FN4O2/c21-14-5-3-13(4-6-14)18(27)16-9-22-19-17(16)20(24-11-23-19)25-15-7-1-12(10-26)2-8-15/h3-6,9,11-12,15,26H,1-2,7-8,10H2,(H2,22,23,24,25). The first-order chi connectivity index (χ1) is 13.2. The number of fused-ring (bicyclic) bond motifs is 1. The van der Waals surface area contributed by atoms with Crippen LogP contribution in [-0.2, 0) is 0 Å². The normalized spacial score (nSPS) is 19.9. The zero-order valence-electron chi connectivity index (χ0n) is 14.8. The number of hydrogen-bond donors (Lipinski definition) is 3. The van der Waals surface area contributed by atoms with E-state index in [9.17, 15) is 14.3 Å². The molecule has 1 aliphatic rings. The molecule has 1 fully saturated rings. The van der Waals surface area contributed by atoms with Crippen molar-refractivity contribution in [3.8, 4) is 0 Å². The van der Waals surface area contributed by atoms with E-state index in [0.29, 0.717) is 33.9 Å². The SMILES string of the molecule is O=C(c1ccc(F)cc1)c1c[nH]c2ncnc(NC3CCC(CO)CC3)c12. The van der Waals surface area contributed by atoms with Crippen molar-refractivity contribution in [1.82, 2.24) is 15.0 Å². The number of nitrogens with zero attached hydrogens (tertiary/aromatic N) is 2. The van der Waals surface area contributed by atoms with Gasteiger partial charge in [-0.3, -0.25) is 4.79 Å². The summed E-state index contributed by atoms with van der Waals surface area (Å²) in [5.74, 6) is 0.410. The first-order valence-corrected chi connectivity index (χ1v) is 9.15. The van der Waals surface area contributed by atoms with E-state index in [1.165, 1.54) is 30.6 Å². The van der Waals surface area contributed by atoms with Crippen molar-refractivity contribution < 1.29 is 14.3 Å². The quantitative estimate of drug-likeness (QED) is 0.601. The van der Waals surface area contributed by atoms with E-state index in [4.69, 9.17) is 0 Å². The van der Waals surface area contributed by atoms with Gasteiger partial charge in [-0.15, -0.1) is 0 Å². The Morgan fingerprint density at radius 1 is 1.19 bits per heavy atom. The molecule has 140 valence electrons. The molecule has 0 aliphatic heterocycles. The number of hydrogen-bond acceptors (Lipinski definition) is 5. The monoisotopic (exact) mass is 368 g/mol. The molecule has 4 rings (SSSR count). The van der Waals surface area contributed by atoms with Gasteiger partial charge in [0.25, 0.3) is 0 Å². The molecular weight excluding hydrogens is 347 g/mol. The molecule has 0 spiro atoms. The van der Waals surface area contributed by atoms with Crippen LogP contribution in [0.3, 0.4) is 0 Å². The molecule has 0 saturated heterocycles. The molecule has 0 radical (unpaired) electrons. The smallest absolute Gasteiger partial charge is 0.195 e. The first kappa shape index (κ1) is 17.6. The number of aromatic nitrogens is 3. The molecule has 0 unspecified atom stereocenters. The second kappa shape index (κ2) is 7.44. The van der Waals surface area contributed by atoms with E-state index < -0.39 is 0 Å². The molecule has 3 aromatic rings. The van der Waals surface area contributed by atoms with E-state index >= 15 is 0 Å². The zero-order chi connectivity index (χ0) is 18.8. The van der Waals surface area contributed by atoms with Crippen LogP contribution in [0.15, 0.2) is 36.8 Å². The lowest BCUT2D eigenvalue weighted by Crippen LogP contribution is -2.27. The molecule has 3 N–H and O–H groups in total. The van der Waals surface area contributed by atoms with Gasteiger partial charge in [0.1, 0.15) is 23.6 Å². The highest BCUT2D eigenvalue weighted by Gasteiger charge is 2.23. The van der Waals surface area contributed by atoms with Crippen LogP contribution in [0, 0.1) is 11.7 Å². The van der Waals surface area contributed by atoms with Crippen LogP contribution >= 0.6 is 0 Å². The fourth-order valence-corrected chi connectivity index (χ4v) is 3.69. The number of H-pyrrole nitrogens is 1. The van der Waals surface area contributed by atoms with E-state index in [1.807, 2.05) is 0 Å². The molecule has 2 heterocycles. The summed E-state index contributed by atoms with van der Waals surface area (Å²) in [7, 11) is 0. The number of rotatable bonds is 5. The van der Waals surface area contributed by atoms with Crippen molar-refractivity contribution >= 4 is 22.6 Å². The molecule has 7 heteroatoms. The van der Waals surface area contributed by atoms with Crippen LogP contribution in [0.4, 0.5) is 10.2 Å². The Kier molecular flexibility index (Phi) is 4.85. The van der Waals surface area contributed by atoms with Crippen LogP contribution in [0.5, 0.6) is 0 Å². The Morgan fingerprint density at radius 2 is 1.93 bits per heavy atom. The van der Waals surface area contributed by atoms with Gasteiger partial charge in [-0.05, 0) is 55.9 Å². The number of aliphatic hydroxyl groups excluding tert-OH is 1. The summed E-state index contributed by atoms with van der Waals surface area (Å²) in [5.41, 5.74) is 1.46. The lowest BCUT2D eigenvalue weighted by Gasteiger charge is -2.28. The highest BCUT2D eigenvalue weighted by atomic mass is 19.1. The maximum atomic E-state index is 13.2. The summed E-state index contributed by atoms with van der Waals surface area (Å²) in [6, 6.07) is 5.75. The molecule has 2 aromatic heterocycles. The first-order valence-electron chi connectivity index (χ1n) is 9.15. The molecular formula is C20H21FN4O2. The molecule has 27 heavy (non-hydrogen) atoms. The van der Waals surface area contributed by atoms with Gasteiger partial charge in [-0.2, -0.15) is 0 Å². The van der Waals surface area contributed by atoms with Gasteiger partial charge in [0.15, 0.2) is 5.78 Å². The van der Waals surface area contributed by atoms with Crippen molar-refractivity contribution in [3.05, 3.63) is 53.7 Å². The summed E-state index contributed by atoms with van der Waals surface area (Å²) < 4.78 is 13.2. The minimum Gasteiger partial charge on any atom is -0.396 e. The minimum absolute atomic E-state index is 0.205. The summed E-state index contributed by atoms with van der Waals surface area (Å²) >= 11 is 0. The van der Waals surface area contributed by atoms with Crippen LogP contribution in [0.25, 0.3) is 11.0 Å². The molecule has 0 amide bonds. The Labute approximate surface area is 155 Å². The molecule has 0 atom stereocenters. The van der Waals surface area contributed by atoms with Crippen LogP contribution in [0.2, 0.25) is 0 Å². The Balaban J connectivity index is 1.63. The number of carbonyl (C=O) groups is 1. The summed E-state index contributed by atoms with van der Waals surface area (Å²) in [4.78, 5) is 24.5. The molecule has 0 bridgehead atoms. The molecule has 1 aromatic carbocycles. The predicted octanol–water partition coefficient (Wildman–Crippen LogP) is 3.29. The lowest BCUT2D eigenvalue weighted by molar-refractivity contribution is 0.104. The summed E-state index contributed by atoms with van der Waals surface area (Å²) in [5, 5.41) is 13.4. The molecule has 1 aliphatic carbocycles. The summed E-state index contributed by atoms with van der Waals surface area (Å²) in [6.45, 7) is 0.235. The molecule has 6 nitrogen and oxygen atoms in total. The lowest BCUT2D eigenvalue weighted by atomic mass is 9.86. The van der Waals surface area contributed by atoms with Crippen molar-refractivity contribution in [2.45, 2.75) is 31.7 Å². The maximum Gasteiger partial charge on any atom is 0.195 e. The molecule has 1 saturated carbocycles. The second-order valence-corrected chi connectivity index (χ2v) is 7.03. The van der Waals surface area contributed by atoms with Gasteiger partial charge >= 0.3 is 0 Å². The Hall–Kier alpha value is -2.80. The Bertz CT molecular complexity index is 946. The third-order valence-corrected chi connectivity index (χ3v) is 5.27. The van der Waals surface area contributed by atoms with Crippen LogP contribution in [-0.4, -0.2) is 38.5 Å². The second-order valence-electron chi connectivity index (χ2n) is 7.03. The average molecular weight is 368 g/mol. The third kappa shape index (κ3) is 3.55. The predicted molar refractivity (Wildman–Crippen MR) is 100 cm³/mol. The highest BCUT2D eigenvalue weighted by Crippen LogP contribution is 2.30. The van der Waals surface area contributed by atoms with Crippen LogP contribution in [0.1, 0.15) is 41.6 Å². The summed E-state index contributed by atoms with van der Waals surface area (Å²) in [6.07, 6.45) is 6.92. The van der Waals surface area contributed by atoms with Gasteiger partial charge in [0.2, 0.25) is 0 Å². The topological polar surface area (TPSA) is 90.9 Å². The Morgan fingerprint density at radius 3 is 2.63 bits per heavy atom. The average Bonchev–Trinajstić information content (AvgIpc) is 3.14. The number of ketones is 1. The number of nitrogens with one attached hydrogen (secondary N) is 2. The van der Waals surface area contributed by atoms with Crippen molar-refractivity contribution in [3.63, 3.8) is 0 Å². The van der Waals surface area contributed by atoms with Gasteiger partial charge < -0.3 is 15.4 Å². The van der Waals surface area contributed by atoms with Gasteiger partial charge in [0.05, 0.1) is 10.9 Å². The van der Waals surface area contributed by atoms with Crippen LogP contribution < -0.4 is 5.32 Å². The number of benzene rings is 1. The van der Waals surface area contributed by atoms with E-state index in [1.54, 1.807) is 6.20 Å². The van der Waals surface area contributed by atoms with Crippen molar-refractivity contribution in [2.75, 3.05) is 11.9 Å². The number of carbonyl (C=O) groups excluding carboxylic acids is 1. The largest absolute Gasteiger partial charge is 0.396 e.